The minimum absolute atomic E-state index is 0.0537. The highest BCUT2D eigenvalue weighted by Crippen LogP contribution is 2.28. The molecule has 0 spiro atoms. The molecule has 1 aromatic carbocycles. The Hall–Kier alpha value is -1.90. The minimum Gasteiger partial charge on any atom is -0.361 e. The number of benzene rings is 1. The number of sulfonamides is 1. The zero-order valence-corrected chi connectivity index (χ0v) is 15.1. The fourth-order valence-corrected chi connectivity index (χ4v) is 4.11. The van der Waals surface area contributed by atoms with Gasteiger partial charge in [0.05, 0.1) is 5.02 Å². The highest BCUT2D eigenvalue weighted by atomic mass is 35.5. The van der Waals surface area contributed by atoms with Crippen molar-refractivity contribution in [3.8, 4) is 0 Å². The maximum Gasteiger partial charge on any atom is 0.277 e. The summed E-state index contributed by atoms with van der Waals surface area (Å²) < 4.78 is 31.4. The predicted molar refractivity (Wildman–Crippen MR) is 90.8 cm³/mol. The van der Waals surface area contributed by atoms with Crippen molar-refractivity contribution in [2.24, 2.45) is 0 Å². The Labute approximate surface area is 145 Å². The Morgan fingerprint density at radius 1 is 1.29 bits per heavy atom. The zero-order valence-electron chi connectivity index (χ0n) is 13.5. The molecule has 0 unspecified atom stereocenters. The van der Waals surface area contributed by atoms with Crippen LogP contribution in [0.15, 0.2) is 33.7 Å². The Morgan fingerprint density at radius 3 is 2.50 bits per heavy atom. The minimum atomic E-state index is -3.73. The molecule has 1 N–H and O–H groups in total. The van der Waals surface area contributed by atoms with Gasteiger partial charge >= 0.3 is 0 Å². The first-order valence-electron chi connectivity index (χ1n) is 7.34. The second-order valence-electron chi connectivity index (χ2n) is 5.01. The van der Waals surface area contributed by atoms with Gasteiger partial charge in [-0.05, 0) is 25.1 Å². The number of carbonyl (C=O) groups excluding carboxylic acids is 1. The predicted octanol–water partition coefficient (Wildman–Crippen LogP) is 2.92. The average Bonchev–Trinajstić information content (AvgIpc) is 2.96. The van der Waals surface area contributed by atoms with Gasteiger partial charge in [0.2, 0.25) is 10.0 Å². The number of halogens is 1. The molecule has 0 radical (unpaired) electrons. The first kappa shape index (κ1) is 18.4. The lowest BCUT2D eigenvalue weighted by Crippen LogP contribution is -2.30. The van der Waals surface area contributed by atoms with Gasteiger partial charge in [0.25, 0.3) is 5.91 Å². The van der Waals surface area contributed by atoms with Gasteiger partial charge in [-0.3, -0.25) is 4.79 Å². The van der Waals surface area contributed by atoms with Crippen LogP contribution in [0.2, 0.25) is 5.02 Å². The maximum absolute atomic E-state index is 12.6. The smallest absolute Gasteiger partial charge is 0.277 e. The topological polar surface area (TPSA) is 92.5 Å². The molecular weight excluding hydrogens is 354 g/mol. The van der Waals surface area contributed by atoms with Gasteiger partial charge < -0.3 is 9.84 Å². The van der Waals surface area contributed by atoms with Crippen molar-refractivity contribution in [1.29, 1.82) is 0 Å². The molecule has 1 heterocycles. The molecular formula is C15H18ClN3O4S. The largest absolute Gasteiger partial charge is 0.361 e. The van der Waals surface area contributed by atoms with Crippen molar-refractivity contribution in [1.82, 2.24) is 9.46 Å². The van der Waals surface area contributed by atoms with E-state index in [4.69, 9.17) is 16.1 Å². The summed E-state index contributed by atoms with van der Waals surface area (Å²) in [5, 5.41) is 6.29. The number of carbonyl (C=O) groups is 1. The lowest BCUT2D eigenvalue weighted by Gasteiger charge is -2.19. The van der Waals surface area contributed by atoms with Crippen LogP contribution in [-0.4, -0.2) is 36.9 Å². The van der Waals surface area contributed by atoms with E-state index in [0.717, 1.165) is 0 Å². The SMILES string of the molecule is CCN(CC)S(=O)(=O)c1cc(NC(=O)c2cc(C)on2)ccc1Cl. The van der Waals surface area contributed by atoms with Gasteiger partial charge in [-0.25, -0.2) is 8.42 Å². The summed E-state index contributed by atoms with van der Waals surface area (Å²) in [6.07, 6.45) is 0. The van der Waals surface area contributed by atoms with Crippen molar-refractivity contribution in [3.05, 3.63) is 40.7 Å². The van der Waals surface area contributed by atoms with E-state index in [0.29, 0.717) is 24.5 Å². The zero-order chi connectivity index (χ0) is 17.9. The van der Waals surface area contributed by atoms with E-state index in [1.54, 1.807) is 20.8 Å². The van der Waals surface area contributed by atoms with Crippen molar-refractivity contribution in [2.45, 2.75) is 25.7 Å². The molecule has 0 aliphatic rings. The summed E-state index contributed by atoms with van der Waals surface area (Å²) >= 11 is 6.05. The molecule has 2 aromatic rings. The normalized spacial score (nSPS) is 11.7. The third kappa shape index (κ3) is 3.77. The molecule has 1 amide bonds. The van der Waals surface area contributed by atoms with Gasteiger partial charge in [-0.15, -0.1) is 0 Å². The van der Waals surface area contributed by atoms with E-state index in [1.165, 1.54) is 28.6 Å². The lowest BCUT2D eigenvalue weighted by atomic mass is 10.3. The average molecular weight is 372 g/mol. The molecule has 1 aromatic heterocycles. The Bertz CT molecular complexity index is 844. The number of nitrogens with one attached hydrogen (secondary N) is 1. The Morgan fingerprint density at radius 2 is 1.96 bits per heavy atom. The molecule has 0 aliphatic heterocycles. The molecule has 0 atom stereocenters. The summed E-state index contributed by atoms with van der Waals surface area (Å²) in [4.78, 5) is 12.0. The number of rotatable bonds is 6. The van der Waals surface area contributed by atoms with Crippen LogP contribution in [0, 0.1) is 6.92 Å². The van der Waals surface area contributed by atoms with E-state index >= 15 is 0 Å². The third-order valence-corrected chi connectivity index (χ3v) is 5.90. The number of aromatic nitrogens is 1. The number of anilines is 1. The molecule has 0 fully saturated rings. The Balaban J connectivity index is 2.33. The summed E-state index contributed by atoms with van der Waals surface area (Å²) in [7, 11) is -3.73. The van der Waals surface area contributed by atoms with Gasteiger partial charge in [0, 0.05) is 24.8 Å². The highest BCUT2D eigenvalue weighted by molar-refractivity contribution is 7.89. The summed E-state index contributed by atoms with van der Waals surface area (Å²) in [6, 6.07) is 5.77. The van der Waals surface area contributed by atoms with Crippen molar-refractivity contribution >= 4 is 33.2 Å². The van der Waals surface area contributed by atoms with Crippen LogP contribution in [0.1, 0.15) is 30.1 Å². The lowest BCUT2D eigenvalue weighted by molar-refractivity contribution is 0.101. The number of hydrogen-bond acceptors (Lipinski definition) is 5. The van der Waals surface area contributed by atoms with E-state index in [9.17, 15) is 13.2 Å². The number of nitrogens with zero attached hydrogens (tertiary/aromatic N) is 2. The second-order valence-corrected chi connectivity index (χ2v) is 7.33. The van der Waals surface area contributed by atoms with Crippen molar-refractivity contribution in [3.63, 3.8) is 0 Å². The van der Waals surface area contributed by atoms with E-state index in [-0.39, 0.29) is 15.6 Å². The van der Waals surface area contributed by atoms with E-state index in [1.807, 2.05) is 0 Å². The van der Waals surface area contributed by atoms with Crippen LogP contribution in [0.5, 0.6) is 0 Å². The highest BCUT2D eigenvalue weighted by Gasteiger charge is 2.25. The monoisotopic (exact) mass is 371 g/mol. The van der Waals surface area contributed by atoms with E-state index in [2.05, 4.69) is 10.5 Å². The van der Waals surface area contributed by atoms with Crippen LogP contribution < -0.4 is 5.32 Å². The number of hydrogen-bond donors (Lipinski definition) is 1. The number of amides is 1. The van der Waals surface area contributed by atoms with Crippen molar-refractivity contribution < 1.29 is 17.7 Å². The second kappa shape index (κ2) is 7.33. The van der Waals surface area contributed by atoms with Crippen LogP contribution in [0.25, 0.3) is 0 Å². The van der Waals surface area contributed by atoms with Crippen LogP contribution in [-0.2, 0) is 10.0 Å². The van der Waals surface area contributed by atoms with Crippen molar-refractivity contribution in [2.75, 3.05) is 18.4 Å². The van der Waals surface area contributed by atoms with Gasteiger partial charge in [-0.1, -0.05) is 30.6 Å². The van der Waals surface area contributed by atoms with Gasteiger partial charge in [0.15, 0.2) is 5.69 Å². The maximum atomic E-state index is 12.6. The first-order chi connectivity index (χ1) is 11.3. The molecule has 7 nitrogen and oxygen atoms in total. The molecule has 24 heavy (non-hydrogen) atoms. The van der Waals surface area contributed by atoms with Crippen LogP contribution in [0.4, 0.5) is 5.69 Å². The standard InChI is InChI=1S/C15H18ClN3O4S/c1-4-19(5-2)24(21,22)14-9-11(6-7-12(14)16)17-15(20)13-8-10(3)23-18-13/h6-9H,4-5H2,1-3H3,(H,17,20). The van der Waals surface area contributed by atoms with Crippen LogP contribution >= 0.6 is 11.6 Å². The molecule has 0 saturated heterocycles. The molecule has 2 rings (SSSR count). The van der Waals surface area contributed by atoms with E-state index < -0.39 is 15.9 Å². The summed E-state index contributed by atoms with van der Waals surface area (Å²) in [5.41, 5.74) is 0.409. The quantitative estimate of drug-likeness (QED) is 0.842. The molecule has 9 heteroatoms. The number of aryl methyl sites for hydroxylation is 1. The van der Waals surface area contributed by atoms with Gasteiger partial charge in [0.1, 0.15) is 10.7 Å². The Kier molecular flexibility index (Phi) is 5.63. The van der Waals surface area contributed by atoms with Crippen LogP contribution in [0.3, 0.4) is 0 Å². The fourth-order valence-electron chi connectivity index (χ4n) is 2.15. The molecule has 0 bridgehead atoms. The molecule has 0 aliphatic carbocycles. The fraction of sp³-hybridized carbons (Fsp3) is 0.333. The first-order valence-corrected chi connectivity index (χ1v) is 9.15. The third-order valence-electron chi connectivity index (χ3n) is 3.37. The summed E-state index contributed by atoms with van der Waals surface area (Å²) in [5.74, 6) is 0.00131. The summed E-state index contributed by atoms with van der Waals surface area (Å²) in [6.45, 7) is 5.80. The van der Waals surface area contributed by atoms with Gasteiger partial charge in [-0.2, -0.15) is 4.31 Å². The molecule has 130 valence electrons. The molecule has 0 saturated carbocycles.